The zero-order valence-electron chi connectivity index (χ0n) is 43.7. The lowest BCUT2D eigenvalue weighted by atomic mass is 10.0. The summed E-state index contributed by atoms with van der Waals surface area (Å²) < 4.78 is 311. The third kappa shape index (κ3) is 8.18. The van der Waals surface area contributed by atoms with Gasteiger partial charge in [0, 0.05) is 88.5 Å². The van der Waals surface area contributed by atoms with E-state index in [4.69, 9.17) is 4.98 Å². The van der Waals surface area contributed by atoms with E-state index in [1.165, 1.54) is 48.6 Å². The van der Waals surface area contributed by atoms with Crippen LogP contribution in [0.1, 0.15) is 22.8 Å². The van der Waals surface area contributed by atoms with Gasteiger partial charge in [0.25, 0.3) is 0 Å². The summed E-state index contributed by atoms with van der Waals surface area (Å²) in [6.45, 7) is 0. The summed E-state index contributed by atoms with van der Waals surface area (Å²) in [5.41, 5.74) is -15.9. The molecule has 6 N–H and O–H groups in total. The van der Waals surface area contributed by atoms with E-state index in [0.29, 0.717) is 0 Å². The van der Waals surface area contributed by atoms with Crippen molar-refractivity contribution in [2.24, 2.45) is 0 Å². The molecule has 28 heteroatoms. The van der Waals surface area contributed by atoms with Crippen LogP contribution in [-0.4, -0.2) is 39.9 Å². The standard InChI is InChI=1S/C62H22F20N8/c63-43-39(44(64)52(72)59(79)51(43)71)35-25-7-3-19(85-25)17-1-5-21(83-17)33(23-9-11-29(87-23)37(31-15-13-27(35)89-31)41-47(67)55(75)61(81)56(76)48(41)68)34-22-6-2-18(84-22)20-4-8-26(86-20)36(40-45(65)53(73)60(80)54(74)46(40)66)28-14-16-32(90-28)38(30-12-10-24(34)88-30)42-49(69)57(77)62(82)58(78)50(42)70/h1-16,83,86-90H. The summed E-state index contributed by atoms with van der Waals surface area (Å²) in [5, 5.41) is 0. The molecule has 0 fully saturated rings. The molecule has 0 aliphatic carbocycles. The Hall–Kier alpha value is -11.1. The summed E-state index contributed by atoms with van der Waals surface area (Å²) in [5.74, 6) is -49.1. The molecule has 0 radical (unpaired) electrons. The predicted molar refractivity (Wildman–Crippen MR) is 290 cm³/mol. The molecule has 0 unspecified atom stereocenters. The van der Waals surface area contributed by atoms with Gasteiger partial charge in [-0.05, 0) is 97.1 Å². The molecule has 450 valence electrons. The maximum absolute atomic E-state index is 16.4. The molecule has 12 aromatic rings. The number of aromatic amines is 6. The quantitative estimate of drug-likeness (QED) is 0.0584. The zero-order chi connectivity index (χ0) is 63.5. The van der Waals surface area contributed by atoms with Crippen molar-refractivity contribution in [2.45, 2.75) is 0 Å². The van der Waals surface area contributed by atoms with E-state index >= 15 is 70.2 Å². The van der Waals surface area contributed by atoms with E-state index in [0.717, 1.165) is 48.5 Å². The Labute approximate surface area is 484 Å². The van der Waals surface area contributed by atoms with Crippen LogP contribution in [-0.2, 0) is 0 Å². The van der Waals surface area contributed by atoms with Gasteiger partial charge in [0.15, 0.2) is 93.1 Å². The number of nitrogens with one attached hydrogen (secondary N) is 6. The van der Waals surface area contributed by atoms with E-state index in [2.05, 4.69) is 34.9 Å². The summed E-state index contributed by atoms with van der Waals surface area (Å²) in [6, 6.07) is 13.2. The minimum absolute atomic E-state index is 0.00157. The van der Waals surface area contributed by atoms with E-state index in [1.807, 2.05) is 0 Å². The van der Waals surface area contributed by atoms with Gasteiger partial charge >= 0.3 is 0 Å². The molecule has 0 amide bonds. The van der Waals surface area contributed by atoms with Crippen molar-refractivity contribution < 1.29 is 87.8 Å². The van der Waals surface area contributed by atoms with Gasteiger partial charge in [0.2, 0.25) is 23.3 Å². The van der Waals surface area contributed by atoms with Crippen LogP contribution in [0, 0.1) is 116 Å². The van der Waals surface area contributed by atoms with Crippen LogP contribution in [0.25, 0.3) is 146 Å². The Morgan fingerprint density at radius 3 is 0.533 bits per heavy atom. The molecule has 14 rings (SSSR count). The highest BCUT2D eigenvalue weighted by molar-refractivity contribution is 6.07. The Balaban J connectivity index is 1.18. The second kappa shape index (κ2) is 20.3. The highest BCUT2D eigenvalue weighted by Gasteiger charge is 2.34. The van der Waals surface area contributed by atoms with Gasteiger partial charge in [-0.1, -0.05) is 0 Å². The lowest BCUT2D eigenvalue weighted by molar-refractivity contribution is 0.381. The van der Waals surface area contributed by atoms with E-state index in [9.17, 15) is 17.6 Å². The first-order chi connectivity index (χ1) is 42.9. The maximum atomic E-state index is 16.4. The Kier molecular flexibility index (Phi) is 12.8. The first kappa shape index (κ1) is 56.7. The number of hydrogen-bond donors (Lipinski definition) is 6. The van der Waals surface area contributed by atoms with Crippen LogP contribution in [0.2, 0.25) is 0 Å². The molecule has 90 heavy (non-hydrogen) atoms. The molecule has 0 saturated carbocycles. The zero-order valence-corrected chi connectivity index (χ0v) is 43.7. The SMILES string of the molecule is Fc1c(F)c(F)c(-c2c3nc(c4ccc([nH]4)c(-c4c5nc(c6ccc([nH]6)c(-c6c(F)c(F)c(F)c(F)c6F)c6ccc([nH]6)c(-c6c(F)c(F)c(F)c(F)c6F)c6ccc4[nH]6)C=C5)c4ccc([nH]4)c(-c4c(F)c(F)c(F)c(F)c4F)c4ccc2[nH]4)C=C3)c(F)c1F. The van der Waals surface area contributed by atoms with Crippen LogP contribution in [0.15, 0.2) is 72.8 Å². The molecule has 2 aliphatic rings. The van der Waals surface area contributed by atoms with Crippen LogP contribution < -0.4 is 0 Å². The lowest BCUT2D eigenvalue weighted by Gasteiger charge is -2.10. The molecular formula is C62H22F20N8. The van der Waals surface area contributed by atoms with Crippen LogP contribution in [0.5, 0.6) is 0 Å². The molecule has 4 aromatic carbocycles. The minimum atomic E-state index is -2.61. The molecule has 0 spiro atoms. The van der Waals surface area contributed by atoms with Gasteiger partial charge in [-0.15, -0.1) is 0 Å². The smallest absolute Gasteiger partial charge is 0.200 e. The number of hydrogen-bond acceptors (Lipinski definition) is 2. The number of rotatable bonds is 5. The van der Waals surface area contributed by atoms with Crippen molar-refractivity contribution in [1.29, 1.82) is 0 Å². The van der Waals surface area contributed by atoms with Gasteiger partial charge in [-0.25, -0.2) is 97.8 Å². The van der Waals surface area contributed by atoms with Gasteiger partial charge in [0.05, 0.1) is 56.1 Å². The normalized spacial score (nSPS) is 12.4. The van der Waals surface area contributed by atoms with E-state index in [1.54, 1.807) is 0 Å². The lowest BCUT2D eigenvalue weighted by Crippen LogP contribution is -2.05. The Bertz CT molecular complexity index is 5470. The fraction of sp³-hybridized carbons (Fsp3) is 0. The summed E-state index contributed by atoms with van der Waals surface area (Å²) in [6.07, 6.45) is 4.93. The summed E-state index contributed by atoms with van der Waals surface area (Å²) in [7, 11) is 0. The first-order valence-corrected chi connectivity index (χ1v) is 25.7. The van der Waals surface area contributed by atoms with Crippen LogP contribution in [0.3, 0.4) is 0 Å². The third-order valence-corrected chi connectivity index (χ3v) is 15.2. The van der Waals surface area contributed by atoms with Gasteiger partial charge in [-0.3, -0.25) is 0 Å². The van der Waals surface area contributed by atoms with E-state index in [-0.39, 0.29) is 55.8 Å². The Morgan fingerprint density at radius 1 is 0.156 bits per heavy atom. The molecule has 0 atom stereocenters. The van der Waals surface area contributed by atoms with Gasteiger partial charge in [0.1, 0.15) is 0 Å². The second-order valence-corrected chi connectivity index (χ2v) is 20.2. The number of H-pyrrole nitrogens is 6. The minimum Gasteiger partial charge on any atom is -0.354 e. The van der Waals surface area contributed by atoms with Crippen molar-refractivity contribution in [3.05, 3.63) is 212 Å². The summed E-state index contributed by atoms with van der Waals surface area (Å²) >= 11 is 0. The van der Waals surface area contributed by atoms with Gasteiger partial charge < -0.3 is 29.9 Å². The number of benzene rings is 4. The van der Waals surface area contributed by atoms with Crippen molar-refractivity contribution in [1.82, 2.24) is 39.9 Å². The number of fused-ring (bicyclic) bond motifs is 18. The monoisotopic (exact) mass is 1260 g/mol. The fourth-order valence-corrected chi connectivity index (χ4v) is 11.2. The molecule has 2 aliphatic heterocycles. The molecule has 16 bridgehead atoms. The molecule has 8 aromatic heterocycles. The molecule has 8 nitrogen and oxygen atoms in total. The summed E-state index contributed by atoms with van der Waals surface area (Å²) in [4.78, 5) is 26.0. The second-order valence-electron chi connectivity index (χ2n) is 20.2. The van der Waals surface area contributed by atoms with Crippen molar-refractivity contribution in [2.75, 3.05) is 0 Å². The number of nitrogens with zero attached hydrogens (tertiary/aromatic N) is 2. The predicted octanol–water partition coefficient (Wildman–Crippen LogP) is 18.8. The maximum Gasteiger partial charge on any atom is 0.200 e. The Morgan fingerprint density at radius 2 is 0.300 bits per heavy atom. The van der Waals surface area contributed by atoms with Gasteiger partial charge in [-0.2, -0.15) is 0 Å². The van der Waals surface area contributed by atoms with Crippen molar-refractivity contribution >= 4 is 90.5 Å². The highest BCUT2D eigenvalue weighted by atomic mass is 19.2. The molecular weight excluding hydrogens is 1240 g/mol. The number of aromatic nitrogens is 8. The first-order valence-electron chi connectivity index (χ1n) is 25.7. The van der Waals surface area contributed by atoms with E-state index < -0.39 is 205 Å². The highest BCUT2D eigenvalue weighted by Crippen LogP contribution is 2.45. The molecule has 10 heterocycles. The average Bonchev–Trinajstić information content (AvgIpc) is 1.50. The largest absolute Gasteiger partial charge is 0.354 e. The van der Waals surface area contributed by atoms with Crippen LogP contribution >= 0.6 is 0 Å². The number of halogens is 20. The molecule has 0 saturated heterocycles. The van der Waals surface area contributed by atoms with Crippen LogP contribution in [0.4, 0.5) is 87.8 Å². The fourth-order valence-electron chi connectivity index (χ4n) is 11.2. The third-order valence-electron chi connectivity index (χ3n) is 15.2. The average molecular weight is 1260 g/mol. The van der Waals surface area contributed by atoms with Crippen molar-refractivity contribution in [3.63, 3.8) is 0 Å². The van der Waals surface area contributed by atoms with Crippen molar-refractivity contribution in [3.8, 4) is 55.6 Å². The topological polar surface area (TPSA) is 121 Å².